The lowest BCUT2D eigenvalue weighted by atomic mass is 10.1. The predicted octanol–water partition coefficient (Wildman–Crippen LogP) is 6.13. The molecular formula is C32H32N4O2. The number of pyridine rings is 1. The number of hydrogen-bond donors (Lipinski definition) is 1. The average Bonchev–Trinajstić information content (AvgIpc) is 3.29. The van der Waals surface area contributed by atoms with Gasteiger partial charge in [0.05, 0.1) is 5.52 Å². The maximum absolute atomic E-state index is 11.9. The zero-order chi connectivity index (χ0) is 26.5. The van der Waals surface area contributed by atoms with Crippen LogP contribution in [0, 0.1) is 11.8 Å². The molecule has 1 N–H and O–H groups in total. The fourth-order valence-corrected chi connectivity index (χ4v) is 4.68. The van der Waals surface area contributed by atoms with E-state index in [1.54, 1.807) is 12.4 Å². The molecule has 1 unspecified atom stereocenters. The second-order valence-corrected chi connectivity index (χ2v) is 10.6. The van der Waals surface area contributed by atoms with E-state index in [0.717, 1.165) is 40.7 Å². The van der Waals surface area contributed by atoms with Crippen molar-refractivity contribution in [1.29, 1.82) is 0 Å². The molecule has 0 aliphatic heterocycles. The molecule has 2 heterocycles. The maximum atomic E-state index is 11.9. The number of nitrogens with one attached hydrogen (secondary N) is 1. The van der Waals surface area contributed by atoms with E-state index in [9.17, 15) is 4.79 Å². The highest BCUT2D eigenvalue weighted by Crippen LogP contribution is 2.29. The zero-order valence-corrected chi connectivity index (χ0v) is 22.1. The van der Waals surface area contributed by atoms with Gasteiger partial charge in [-0.2, -0.15) is 0 Å². The Hall–Kier alpha value is -4.24. The first-order chi connectivity index (χ1) is 18.3. The molecule has 0 spiro atoms. The minimum absolute atomic E-state index is 0.167. The molecule has 1 aliphatic rings. The standard InChI is InChI=1S/C32H32N4O2/c1-32(2,3)38-29(37)14-6-4-5-10-22-15-16-23-19-26(20-25(23)18-22)34-31-27-12-7-8-13-28(27)35-30(36-31)24-11-9-17-33-21-24/h7-9,11-13,15-18,21,26H,4,6,14,19-20H2,1-3H3,(H,34,35,36). The maximum Gasteiger partial charge on any atom is 0.306 e. The zero-order valence-electron chi connectivity index (χ0n) is 22.1. The lowest BCUT2D eigenvalue weighted by Crippen LogP contribution is -2.23. The van der Waals surface area contributed by atoms with Gasteiger partial charge in [-0.3, -0.25) is 9.78 Å². The van der Waals surface area contributed by atoms with Crippen LogP contribution < -0.4 is 5.32 Å². The number of rotatable bonds is 6. The molecule has 1 aliphatic carbocycles. The largest absolute Gasteiger partial charge is 0.460 e. The van der Waals surface area contributed by atoms with E-state index in [0.29, 0.717) is 25.1 Å². The topological polar surface area (TPSA) is 77.0 Å². The Labute approximate surface area is 223 Å². The Kier molecular flexibility index (Phi) is 7.37. The molecular weight excluding hydrogens is 472 g/mol. The fraction of sp³-hybridized carbons (Fsp3) is 0.312. The summed E-state index contributed by atoms with van der Waals surface area (Å²) in [5.74, 6) is 7.81. The number of carbonyl (C=O) groups is 1. The summed E-state index contributed by atoms with van der Waals surface area (Å²) in [6.45, 7) is 5.65. The molecule has 2 aromatic heterocycles. The highest BCUT2D eigenvalue weighted by atomic mass is 16.6. The third-order valence-corrected chi connectivity index (χ3v) is 6.34. The quantitative estimate of drug-likeness (QED) is 0.193. The number of esters is 1. The number of carbonyl (C=O) groups excluding carboxylic acids is 1. The van der Waals surface area contributed by atoms with Gasteiger partial charge in [0.25, 0.3) is 0 Å². The van der Waals surface area contributed by atoms with E-state index >= 15 is 0 Å². The minimum atomic E-state index is -0.442. The van der Waals surface area contributed by atoms with Gasteiger partial charge in [-0.15, -0.1) is 0 Å². The summed E-state index contributed by atoms with van der Waals surface area (Å²) < 4.78 is 5.35. The Morgan fingerprint density at radius 2 is 1.89 bits per heavy atom. The van der Waals surface area contributed by atoms with Gasteiger partial charge < -0.3 is 10.1 Å². The van der Waals surface area contributed by atoms with Gasteiger partial charge in [0.1, 0.15) is 11.4 Å². The molecule has 192 valence electrons. The van der Waals surface area contributed by atoms with Gasteiger partial charge in [-0.25, -0.2) is 9.97 Å². The Morgan fingerprint density at radius 3 is 2.71 bits per heavy atom. The van der Waals surface area contributed by atoms with Crippen LogP contribution in [0.3, 0.4) is 0 Å². The van der Waals surface area contributed by atoms with Crippen LogP contribution in [0.5, 0.6) is 0 Å². The van der Waals surface area contributed by atoms with Crippen LogP contribution >= 0.6 is 0 Å². The summed E-state index contributed by atoms with van der Waals surface area (Å²) >= 11 is 0. The van der Waals surface area contributed by atoms with Gasteiger partial charge in [0, 0.05) is 47.8 Å². The molecule has 0 amide bonds. The molecule has 5 rings (SSSR count). The first kappa shape index (κ1) is 25.4. The molecule has 4 aromatic rings. The number of benzene rings is 2. The van der Waals surface area contributed by atoms with E-state index in [1.165, 1.54) is 11.1 Å². The van der Waals surface area contributed by atoms with Gasteiger partial charge >= 0.3 is 5.97 Å². The Bertz CT molecular complexity index is 1510. The summed E-state index contributed by atoms with van der Waals surface area (Å²) in [6, 6.07) is 18.7. The minimum Gasteiger partial charge on any atom is -0.460 e. The predicted molar refractivity (Wildman–Crippen MR) is 151 cm³/mol. The molecule has 2 aromatic carbocycles. The number of nitrogens with zero attached hydrogens (tertiary/aromatic N) is 3. The molecule has 0 fully saturated rings. The summed E-state index contributed by atoms with van der Waals surface area (Å²) in [7, 11) is 0. The lowest BCUT2D eigenvalue weighted by molar-refractivity contribution is -0.154. The molecule has 6 nitrogen and oxygen atoms in total. The first-order valence-corrected chi connectivity index (χ1v) is 13.1. The van der Waals surface area contributed by atoms with Crippen LogP contribution in [-0.2, 0) is 22.4 Å². The van der Waals surface area contributed by atoms with Crippen molar-refractivity contribution in [2.45, 2.75) is 64.5 Å². The highest BCUT2D eigenvalue weighted by molar-refractivity contribution is 5.90. The van der Waals surface area contributed by atoms with Gasteiger partial charge in [0.15, 0.2) is 5.82 Å². The summed E-state index contributed by atoms with van der Waals surface area (Å²) in [6.07, 6.45) is 7.14. The lowest BCUT2D eigenvalue weighted by Gasteiger charge is -2.19. The van der Waals surface area contributed by atoms with Crippen molar-refractivity contribution >= 4 is 22.7 Å². The second kappa shape index (κ2) is 11.0. The van der Waals surface area contributed by atoms with Crippen molar-refractivity contribution in [3.63, 3.8) is 0 Å². The normalized spacial score (nSPS) is 14.4. The monoisotopic (exact) mass is 504 g/mol. The smallest absolute Gasteiger partial charge is 0.306 e. The third kappa shape index (κ3) is 6.36. The van der Waals surface area contributed by atoms with Gasteiger partial charge in [-0.1, -0.05) is 30.0 Å². The van der Waals surface area contributed by atoms with Crippen molar-refractivity contribution in [3.8, 4) is 23.2 Å². The Morgan fingerprint density at radius 1 is 1.05 bits per heavy atom. The van der Waals surface area contributed by atoms with Gasteiger partial charge in [0.2, 0.25) is 0 Å². The average molecular weight is 505 g/mol. The van der Waals surface area contributed by atoms with Crippen molar-refractivity contribution in [3.05, 3.63) is 83.7 Å². The van der Waals surface area contributed by atoms with E-state index in [2.05, 4.69) is 46.4 Å². The number of unbranched alkanes of at least 4 members (excludes halogenated alkanes) is 1. The highest BCUT2D eigenvalue weighted by Gasteiger charge is 2.23. The van der Waals surface area contributed by atoms with Crippen molar-refractivity contribution in [2.75, 3.05) is 5.32 Å². The molecule has 0 bridgehead atoms. The second-order valence-electron chi connectivity index (χ2n) is 10.6. The molecule has 6 heteroatoms. The van der Waals surface area contributed by atoms with Crippen LogP contribution in [0.25, 0.3) is 22.3 Å². The first-order valence-electron chi connectivity index (χ1n) is 13.1. The SMILES string of the molecule is CC(C)(C)OC(=O)CCCC#Cc1ccc2c(c1)CC(Nc1nc(-c3cccnc3)nc3ccccc13)C2. The summed E-state index contributed by atoms with van der Waals surface area (Å²) in [5, 5.41) is 4.70. The van der Waals surface area contributed by atoms with Crippen LogP contribution in [-0.4, -0.2) is 32.6 Å². The fourth-order valence-electron chi connectivity index (χ4n) is 4.68. The van der Waals surface area contributed by atoms with Crippen LogP contribution in [0.4, 0.5) is 5.82 Å². The van der Waals surface area contributed by atoms with E-state index < -0.39 is 5.60 Å². The molecule has 1 atom stereocenters. The number of anilines is 1. The molecule has 0 radical (unpaired) electrons. The Balaban J connectivity index is 1.24. The molecule has 0 saturated heterocycles. The number of hydrogen-bond acceptors (Lipinski definition) is 6. The van der Waals surface area contributed by atoms with Crippen molar-refractivity contribution in [2.24, 2.45) is 0 Å². The van der Waals surface area contributed by atoms with Gasteiger partial charge in [-0.05, 0) is 87.6 Å². The summed E-state index contributed by atoms with van der Waals surface area (Å²) in [5.41, 5.74) is 5.02. The van der Waals surface area contributed by atoms with Crippen LogP contribution in [0.15, 0.2) is 67.0 Å². The van der Waals surface area contributed by atoms with E-state index in [1.807, 2.05) is 51.1 Å². The number of ether oxygens (including phenoxy) is 1. The molecule has 0 saturated carbocycles. The van der Waals surface area contributed by atoms with E-state index in [4.69, 9.17) is 14.7 Å². The third-order valence-electron chi connectivity index (χ3n) is 6.34. The van der Waals surface area contributed by atoms with Crippen molar-refractivity contribution < 1.29 is 9.53 Å². The van der Waals surface area contributed by atoms with Crippen LogP contribution in [0.2, 0.25) is 0 Å². The van der Waals surface area contributed by atoms with Crippen molar-refractivity contribution in [1.82, 2.24) is 15.0 Å². The molecule has 38 heavy (non-hydrogen) atoms. The number of aromatic nitrogens is 3. The van der Waals surface area contributed by atoms with E-state index in [-0.39, 0.29) is 12.0 Å². The number of para-hydroxylation sites is 1. The number of fused-ring (bicyclic) bond motifs is 2. The van der Waals surface area contributed by atoms with Crippen LogP contribution in [0.1, 0.15) is 56.7 Å². The summed E-state index contributed by atoms with van der Waals surface area (Å²) in [4.78, 5) is 25.7.